The third-order valence-corrected chi connectivity index (χ3v) is 7.01. The molecule has 0 nitrogen and oxygen atoms in total. The quantitative estimate of drug-likeness (QED) is 0.627. The Morgan fingerprint density at radius 2 is 1.75 bits per heavy atom. The van der Waals surface area contributed by atoms with E-state index >= 15 is 0 Å². The maximum atomic E-state index is 2.38. The van der Waals surface area contributed by atoms with E-state index in [9.17, 15) is 0 Å². The molecule has 0 aliphatic heterocycles. The van der Waals surface area contributed by atoms with Gasteiger partial charge in [-0.15, -0.1) is 0 Å². The topological polar surface area (TPSA) is 0 Å². The first-order chi connectivity index (χ1) is 3.56. The van der Waals surface area contributed by atoms with Crippen LogP contribution in [0.4, 0.5) is 0 Å². The molecule has 0 amide bonds. The van der Waals surface area contributed by atoms with Gasteiger partial charge in [0.2, 0.25) is 0 Å². The predicted octanol–water partition coefficient (Wildman–Crippen LogP) is 2.47. The van der Waals surface area contributed by atoms with Gasteiger partial charge in [-0.2, -0.15) is 0 Å². The van der Waals surface area contributed by atoms with Crippen LogP contribution in [-0.2, 0) is 0 Å². The Morgan fingerprint density at radius 3 is 1.88 bits per heavy atom. The monoisotopic (exact) mass is 221 g/mol. The van der Waals surface area contributed by atoms with Gasteiger partial charge in [-0.05, 0) is 0 Å². The van der Waals surface area contributed by atoms with Crippen LogP contribution in [0.15, 0.2) is 0 Å². The van der Waals surface area contributed by atoms with Crippen molar-refractivity contribution in [2.24, 2.45) is 0 Å². The molecular formula is C7H17Sn. The van der Waals surface area contributed by atoms with Crippen molar-refractivity contribution in [1.29, 1.82) is 0 Å². The minimum absolute atomic E-state index is 0.161. The summed E-state index contributed by atoms with van der Waals surface area (Å²) in [5.41, 5.74) is 0. The molecule has 1 heteroatoms. The Hall–Kier alpha value is 0.799. The van der Waals surface area contributed by atoms with Gasteiger partial charge in [0, 0.05) is 0 Å². The van der Waals surface area contributed by atoms with Gasteiger partial charge in [0.15, 0.2) is 0 Å². The zero-order valence-electron chi connectivity index (χ0n) is 6.49. The zero-order valence-corrected chi connectivity index (χ0v) is 9.79. The summed E-state index contributed by atoms with van der Waals surface area (Å²) >= 11 is -0.161. The first-order valence-electron chi connectivity index (χ1n) is 3.40. The second-order valence-electron chi connectivity index (χ2n) is 3.36. The van der Waals surface area contributed by atoms with Crippen LogP contribution in [0, 0.1) is 0 Å². The molecule has 0 spiro atoms. The third kappa shape index (κ3) is 6.80. The Bertz CT molecular complexity index is 51.9. The van der Waals surface area contributed by atoms with Crippen molar-refractivity contribution in [3.8, 4) is 0 Å². The third-order valence-electron chi connectivity index (χ3n) is 1.05. The van der Waals surface area contributed by atoms with E-state index < -0.39 is 0 Å². The van der Waals surface area contributed by atoms with Gasteiger partial charge in [-0.25, -0.2) is 0 Å². The maximum absolute atomic E-state index is 2.38. The molecule has 0 heterocycles. The van der Waals surface area contributed by atoms with Crippen LogP contribution in [0.25, 0.3) is 0 Å². The Labute approximate surface area is 63.3 Å². The molecule has 0 aromatic carbocycles. The van der Waals surface area contributed by atoms with Crippen molar-refractivity contribution in [3.05, 3.63) is 0 Å². The van der Waals surface area contributed by atoms with E-state index in [2.05, 4.69) is 27.7 Å². The van der Waals surface area contributed by atoms with Crippen LogP contribution >= 0.6 is 0 Å². The van der Waals surface area contributed by atoms with Crippen LogP contribution in [-0.4, -0.2) is 21.1 Å². The average Bonchev–Trinajstić information content (AvgIpc) is 1.59. The fraction of sp³-hybridized carbons (Fsp3) is 1.00. The first kappa shape index (κ1) is 8.80. The summed E-state index contributed by atoms with van der Waals surface area (Å²) in [5, 5.41) is 0. The summed E-state index contributed by atoms with van der Waals surface area (Å²) in [6, 6.07) is 0. The van der Waals surface area contributed by atoms with Crippen molar-refractivity contribution in [1.82, 2.24) is 0 Å². The molecule has 0 atom stereocenters. The van der Waals surface area contributed by atoms with E-state index in [1.807, 2.05) is 0 Å². The zero-order chi connectivity index (χ0) is 6.62. The Balaban J connectivity index is 3.11. The normalized spacial score (nSPS) is 12.0. The minimum atomic E-state index is -0.161. The summed E-state index contributed by atoms with van der Waals surface area (Å²) in [5.74, 6) is 0. The first-order valence-corrected chi connectivity index (χ1v) is 7.38. The van der Waals surface area contributed by atoms with E-state index in [1.54, 1.807) is 4.44 Å². The summed E-state index contributed by atoms with van der Waals surface area (Å²) in [7, 11) is 0. The summed E-state index contributed by atoms with van der Waals surface area (Å²) in [6.45, 7) is 9.43. The van der Waals surface area contributed by atoms with Gasteiger partial charge in [0.1, 0.15) is 0 Å². The number of hydrogen-bond donors (Lipinski definition) is 0. The SMILES string of the molecule is CC[CH2][SnH][C](C)(C)C. The standard InChI is InChI=1S/C4H9.C3H7.Sn.H/c1-4(2)3;1-3-2;;/h1-3H3;1,3H2,2H3;;. The molecule has 0 saturated carbocycles. The molecule has 0 unspecified atom stereocenters. The second-order valence-corrected chi connectivity index (χ2v) is 11.1. The van der Waals surface area contributed by atoms with Crippen LogP contribution in [0.2, 0.25) is 7.87 Å². The van der Waals surface area contributed by atoms with Crippen LogP contribution < -0.4 is 0 Å². The van der Waals surface area contributed by atoms with E-state index in [4.69, 9.17) is 0 Å². The van der Waals surface area contributed by atoms with Crippen molar-refractivity contribution in [3.63, 3.8) is 0 Å². The number of rotatable bonds is 2. The molecule has 0 aromatic heterocycles. The van der Waals surface area contributed by atoms with E-state index in [-0.39, 0.29) is 21.1 Å². The molecule has 49 valence electrons. The molecular weight excluding hydrogens is 203 g/mol. The van der Waals surface area contributed by atoms with Gasteiger partial charge in [0.05, 0.1) is 0 Å². The summed E-state index contributed by atoms with van der Waals surface area (Å²) in [6.07, 6.45) is 1.42. The Morgan fingerprint density at radius 1 is 1.25 bits per heavy atom. The molecule has 0 saturated heterocycles. The summed E-state index contributed by atoms with van der Waals surface area (Å²) < 4.78 is 2.31. The van der Waals surface area contributed by atoms with Crippen molar-refractivity contribution in [2.45, 2.75) is 42.0 Å². The van der Waals surface area contributed by atoms with Gasteiger partial charge in [-0.3, -0.25) is 0 Å². The predicted molar refractivity (Wildman–Crippen MR) is 42.0 cm³/mol. The fourth-order valence-electron chi connectivity index (χ4n) is 0.577. The van der Waals surface area contributed by atoms with Gasteiger partial charge in [-0.1, -0.05) is 0 Å². The molecule has 0 N–H and O–H groups in total. The van der Waals surface area contributed by atoms with Crippen molar-refractivity contribution >= 4 is 21.1 Å². The average molecular weight is 220 g/mol. The van der Waals surface area contributed by atoms with Crippen LogP contribution in [0.1, 0.15) is 34.1 Å². The molecule has 0 aromatic rings. The molecule has 0 fully saturated rings. The number of hydrogen-bond acceptors (Lipinski definition) is 0. The summed E-state index contributed by atoms with van der Waals surface area (Å²) in [4.78, 5) is 0. The van der Waals surface area contributed by atoms with Crippen molar-refractivity contribution < 1.29 is 0 Å². The molecule has 0 aliphatic carbocycles. The Kier molecular flexibility index (Phi) is 4.13. The second kappa shape index (κ2) is 3.75. The molecule has 0 bridgehead atoms. The van der Waals surface area contributed by atoms with Crippen LogP contribution in [0.3, 0.4) is 0 Å². The van der Waals surface area contributed by atoms with E-state index in [0.29, 0.717) is 0 Å². The van der Waals surface area contributed by atoms with E-state index in [1.165, 1.54) is 6.42 Å². The molecule has 0 rings (SSSR count). The van der Waals surface area contributed by atoms with Crippen LogP contribution in [0.5, 0.6) is 0 Å². The van der Waals surface area contributed by atoms with Gasteiger partial charge < -0.3 is 0 Å². The van der Waals surface area contributed by atoms with E-state index in [0.717, 1.165) is 3.43 Å². The molecule has 8 heavy (non-hydrogen) atoms. The van der Waals surface area contributed by atoms with Crippen molar-refractivity contribution in [2.75, 3.05) is 0 Å². The molecule has 0 aliphatic rings. The van der Waals surface area contributed by atoms with Gasteiger partial charge >= 0.3 is 63.1 Å². The fourth-order valence-corrected chi connectivity index (χ4v) is 3.87. The van der Waals surface area contributed by atoms with Gasteiger partial charge in [0.25, 0.3) is 0 Å². The molecule has 1 radical (unpaired) electrons.